The molecule has 1 aromatic heterocycles. The number of benzene rings is 1. The Labute approximate surface area is 117 Å². The molecule has 0 radical (unpaired) electrons. The molecule has 1 aromatic carbocycles. The summed E-state index contributed by atoms with van der Waals surface area (Å²) in [4.78, 5) is 12.5. The van der Waals surface area contributed by atoms with Crippen LogP contribution in [0.4, 0.5) is 5.95 Å². The standard InChI is InChI=1S/C11H11BrN4OS/c1-17-8-4-3-6(5-7(8)12)9-14-10(13)16-11(15-9)18-2/h3-5H,1-2H3,(H2,13,14,15,16). The van der Waals surface area contributed by atoms with Gasteiger partial charge in [-0.2, -0.15) is 9.97 Å². The maximum atomic E-state index is 5.65. The van der Waals surface area contributed by atoms with Gasteiger partial charge in [0.2, 0.25) is 5.95 Å². The zero-order chi connectivity index (χ0) is 13.1. The van der Waals surface area contributed by atoms with Crippen LogP contribution in [0.3, 0.4) is 0 Å². The van der Waals surface area contributed by atoms with Crippen molar-refractivity contribution < 1.29 is 4.74 Å². The number of anilines is 1. The van der Waals surface area contributed by atoms with Crippen molar-refractivity contribution in [3.05, 3.63) is 22.7 Å². The summed E-state index contributed by atoms with van der Waals surface area (Å²) in [7, 11) is 1.62. The molecular formula is C11H11BrN4OS. The van der Waals surface area contributed by atoms with E-state index < -0.39 is 0 Å². The van der Waals surface area contributed by atoms with E-state index in [1.807, 2.05) is 24.5 Å². The SMILES string of the molecule is COc1ccc(-c2nc(N)nc(SC)n2)cc1Br. The average Bonchev–Trinajstić information content (AvgIpc) is 2.37. The van der Waals surface area contributed by atoms with Gasteiger partial charge in [0.15, 0.2) is 11.0 Å². The van der Waals surface area contributed by atoms with Gasteiger partial charge in [-0.3, -0.25) is 0 Å². The Morgan fingerprint density at radius 1 is 1.28 bits per heavy atom. The van der Waals surface area contributed by atoms with E-state index in [9.17, 15) is 0 Å². The summed E-state index contributed by atoms with van der Waals surface area (Å²) in [5, 5.41) is 0.601. The summed E-state index contributed by atoms with van der Waals surface area (Å²) in [5.74, 6) is 1.53. The van der Waals surface area contributed by atoms with E-state index in [1.165, 1.54) is 11.8 Å². The monoisotopic (exact) mass is 326 g/mol. The molecule has 2 rings (SSSR count). The van der Waals surface area contributed by atoms with Gasteiger partial charge in [0.05, 0.1) is 11.6 Å². The molecule has 2 aromatic rings. The van der Waals surface area contributed by atoms with Crippen molar-refractivity contribution in [2.75, 3.05) is 19.1 Å². The molecule has 0 saturated carbocycles. The van der Waals surface area contributed by atoms with Crippen LogP contribution in [0.15, 0.2) is 27.8 Å². The first-order valence-corrected chi connectivity index (χ1v) is 7.05. The van der Waals surface area contributed by atoms with Crippen LogP contribution in [0.5, 0.6) is 5.75 Å². The Balaban J connectivity index is 2.48. The molecule has 2 N–H and O–H groups in total. The minimum Gasteiger partial charge on any atom is -0.496 e. The summed E-state index contributed by atoms with van der Waals surface area (Å²) in [6.07, 6.45) is 1.89. The predicted molar refractivity (Wildman–Crippen MR) is 75.7 cm³/mol. The number of nitrogen functional groups attached to an aromatic ring is 1. The van der Waals surface area contributed by atoms with Crippen molar-refractivity contribution in [3.8, 4) is 17.1 Å². The molecule has 0 aliphatic carbocycles. The summed E-state index contributed by atoms with van der Waals surface area (Å²) in [6, 6.07) is 5.61. The lowest BCUT2D eigenvalue weighted by Gasteiger charge is -2.06. The van der Waals surface area contributed by atoms with E-state index in [0.717, 1.165) is 15.8 Å². The first kappa shape index (κ1) is 13.1. The van der Waals surface area contributed by atoms with Gasteiger partial charge in [0.1, 0.15) is 5.75 Å². The third-order valence-corrected chi connectivity index (χ3v) is 3.39. The van der Waals surface area contributed by atoms with Crippen LogP contribution in [0.25, 0.3) is 11.4 Å². The zero-order valence-corrected chi connectivity index (χ0v) is 12.2. The van der Waals surface area contributed by atoms with E-state index in [1.54, 1.807) is 7.11 Å². The second-order valence-corrected chi connectivity index (χ2v) is 4.98. The number of halogens is 1. The van der Waals surface area contributed by atoms with Crippen LogP contribution in [0, 0.1) is 0 Å². The third kappa shape index (κ3) is 2.73. The number of ether oxygens (including phenoxy) is 1. The third-order valence-electron chi connectivity index (χ3n) is 2.22. The fraction of sp³-hybridized carbons (Fsp3) is 0.182. The van der Waals surface area contributed by atoms with Gasteiger partial charge >= 0.3 is 0 Å². The van der Waals surface area contributed by atoms with Crippen molar-refractivity contribution in [1.82, 2.24) is 15.0 Å². The van der Waals surface area contributed by atoms with Crippen molar-refractivity contribution in [3.63, 3.8) is 0 Å². The Morgan fingerprint density at radius 3 is 2.67 bits per heavy atom. The lowest BCUT2D eigenvalue weighted by atomic mass is 10.2. The quantitative estimate of drug-likeness (QED) is 0.874. The predicted octanol–water partition coefficient (Wildman–Crippen LogP) is 2.61. The van der Waals surface area contributed by atoms with Crippen LogP contribution in [0.1, 0.15) is 0 Å². The smallest absolute Gasteiger partial charge is 0.224 e. The van der Waals surface area contributed by atoms with Crippen LogP contribution in [0.2, 0.25) is 0 Å². The molecule has 0 saturated heterocycles. The number of methoxy groups -OCH3 is 1. The molecule has 94 valence electrons. The number of rotatable bonds is 3. The molecule has 0 bridgehead atoms. The van der Waals surface area contributed by atoms with Crippen LogP contribution in [-0.2, 0) is 0 Å². The molecule has 1 heterocycles. The van der Waals surface area contributed by atoms with E-state index in [-0.39, 0.29) is 5.95 Å². The molecule has 0 aliphatic rings. The number of nitrogens with two attached hydrogens (primary N) is 1. The van der Waals surface area contributed by atoms with Gasteiger partial charge in [-0.05, 0) is 40.4 Å². The topological polar surface area (TPSA) is 73.9 Å². The van der Waals surface area contributed by atoms with Gasteiger partial charge in [0, 0.05) is 5.56 Å². The summed E-state index contributed by atoms with van der Waals surface area (Å²) in [6.45, 7) is 0. The Hall–Kier alpha value is -1.34. The second-order valence-electron chi connectivity index (χ2n) is 3.35. The molecule has 0 spiro atoms. The highest BCUT2D eigenvalue weighted by Crippen LogP contribution is 2.29. The van der Waals surface area contributed by atoms with Crippen molar-refractivity contribution in [1.29, 1.82) is 0 Å². The Morgan fingerprint density at radius 2 is 2.06 bits per heavy atom. The van der Waals surface area contributed by atoms with Crippen molar-refractivity contribution in [2.24, 2.45) is 0 Å². The lowest BCUT2D eigenvalue weighted by Crippen LogP contribution is -2.01. The van der Waals surface area contributed by atoms with Gasteiger partial charge in [0.25, 0.3) is 0 Å². The van der Waals surface area contributed by atoms with Crippen molar-refractivity contribution >= 4 is 33.6 Å². The largest absolute Gasteiger partial charge is 0.496 e. The number of thioether (sulfide) groups is 1. The first-order chi connectivity index (χ1) is 8.63. The molecular weight excluding hydrogens is 316 g/mol. The maximum Gasteiger partial charge on any atom is 0.224 e. The van der Waals surface area contributed by atoms with E-state index in [4.69, 9.17) is 10.5 Å². The summed E-state index contributed by atoms with van der Waals surface area (Å²) >= 11 is 4.85. The normalized spacial score (nSPS) is 10.4. The van der Waals surface area contributed by atoms with Gasteiger partial charge in [-0.1, -0.05) is 11.8 Å². The first-order valence-electron chi connectivity index (χ1n) is 5.03. The lowest BCUT2D eigenvalue weighted by molar-refractivity contribution is 0.412. The Kier molecular flexibility index (Phi) is 4.03. The average molecular weight is 327 g/mol. The molecule has 0 unspecified atom stereocenters. The molecule has 0 fully saturated rings. The van der Waals surface area contributed by atoms with Crippen LogP contribution in [-0.4, -0.2) is 28.3 Å². The van der Waals surface area contributed by atoms with Crippen LogP contribution < -0.4 is 10.5 Å². The minimum atomic E-state index is 0.219. The minimum absolute atomic E-state index is 0.219. The van der Waals surface area contributed by atoms with Crippen molar-refractivity contribution in [2.45, 2.75) is 5.16 Å². The molecule has 0 aliphatic heterocycles. The summed E-state index contributed by atoms with van der Waals surface area (Å²) in [5.41, 5.74) is 6.51. The highest BCUT2D eigenvalue weighted by molar-refractivity contribution is 9.10. The number of hydrogen-bond donors (Lipinski definition) is 1. The number of nitrogens with zero attached hydrogens (tertiary/aromatic N) is 3. The van der Waals surface area contributed by atoms with E-state index in [0.29, 0.717) is 11.0 Å². The molecule has 7 heteroatoms. The van der Waals surface area contributed by atoms with Gasteiger partial charge in [-0.15, -0.1) is 0 Å². The molecule has 0 amide bonds. The zero-order valence-electron chi connectivity index (χ0n) is 9.85. The highest BCUT2D eigenvalue weighted by Gasteiger charge is 2.08. The summed E-state index contributed by atoms with van der Waals surface area (Å²) < 4.78 is 6.02. The van der Waals surface area contributed by atoms with Gasteiger partial charge in [-0.25, -0.2) is 4.98 Å². The van der Waals surface area contributed by atoms with E-state index in [2.05, 4.69) is 30.9 Å². The molecule has 0 atom stereocenters. The number of hydrogen-bond acceptors (Lipinski definition) is 6. The van der Waals surface area contributed by atoms with Crippen LogP contribution >= 0.6 is 27.7 Å². The van der Waals surface area contributed by atoms with E-state index >= 15 is 0 Å². The molecule has 18 heavy (non-hydrogen) atoms. The fourth-order valence-electron chi connectivity index (χ4n) is 1.40. The Bertz CT molecular complexity index is 579. The molecule has 5 nitrogen and oxygen atoms in total. The number of aromatic nitrogens is 3. The highest BCUT2D eigenvalue weighted by atomic mass is 79.9. The maximum absolute atomic E-state index is 5.65. The fourth-order valence-corrected chi connectivity index (χ4v) is 2.30. The van der Waals surface area contributed by atoms with Gasteiger partial charge < -0.3 is 10.5 Å². The second kappa shape index (κ2) is 5.53.